The van der Waals surface area contributed by atoms with E-state index in [-0.39, 0.29) is 12.3 Å². The number of amides is 2. The molecule has 2 atom stereocenters. The van der Waals surface area contributed by atoms with Gasteiger partial charge in [-0.05, 0) is 6.42 Å². The number of carboxylic acids is 1. The van der Waals surface area contributed by atoms with Gasteiger partial charge < -0.3 is 20.8 Å². The Morgan fingerprint density at radius 1 is 1.60 bits per heavy atom. The molecule has 1 rings (SSSR count). The average molecular weight is 216 g/mol. The van der Waals surface area contributed by atoms with Crippen molar-refractivity contribution in [2.75, 3.05) is 6.61 Å². The average Bonchev–Trinajstić information content (AvgIpc) is 2.60. The molecule has 7 nitrogen and oxygen atoms in total. The van der Waals surface area contributed by atoms with Crippen LogP contribution in [0.1, 0.15) is 12.8 Å². The standard InChI is InChI=1S/C8H12N2O5/c11-3-5(8(14)15)10-7(13)4-1-2-6(12)9-4/h4-5,11H,1-3H2,(H,9,12)(H,10,13)(H,14,15)/t4-,5+/m1/s1. The number of carbonyl (C=O) groups excluding carboxylic acids is 2. The lowest BCUT2D eigenvalue weighted by Crippen LogP contribution is -2.50. The minimum absolute atomic E-state index is 0.231. The Labute approximate surface area is 85.5 Å². The summed E-state index contributed by atoms with van der Waals surface area (Å²) in [5.74, 6) is -2.12. The van der Waals surface area contributed by atoms with Gasteiger partial charge in [-0.25, -0.2) is 4.79 Å². The zero-order chi connectivity index (χ0) is 11.4. The van der Waals surface area contributed by atoms with Crippen molar-refractivity contribution in [3.8, 4) is 0 Å². The van der Waals surface area contributed by atoms with Gasteiger partial charge in [-0.1, -0.05) is 0 Å². The van der Waals surface area contributed by atoms with Crippen LogP contribution in [0.3, 0.4) is 0 Å². The second-order valence-electron chi connectivity index (χ2n) is 3.24. The van der Waals surface area contributed by atoms with E-state index in [2.05, 4.69) is 10.6 Å². The van der Waals surface area contributed by atoms with E-state index in [4.69, 9.17) is 10.2 Å². The summed E-state index contributed by atoms with van der Waals surface area (Å²) in [6.45, 7) is -0.679. The molecule has 0 aromatic carbocycles. The summed E-state index contributed by atoms with van der Waals surface area (Å²) in [6.07, 6.45) is 0.609. The Morgan fingerprint density at radius 3 is 2.67 bits per heavy atom. The second kappa shape index (κ2) is 4.74. The van der Waals surface area contributed by atoms with Gasteiger partial charge in [-0.2, -0.15) is 0 Å². The molecule has 1 aliphatic heterocycles. The lowest BCUT2D eigenvalue weighted by Gasteiger charge is -2.15. The molecule has 1 aliphatic rings. The quantitative estimate of drug-likeness (QED) is 0.426. The highest BCUT2D eigenvalue weighted by molar-refractivity contribution is 5.92. The number of hydrogen-bond donors (Lipinski definition) is 4. The molecule has 0 aromatic heterocycles. The van der Waals surface area contributed by atoms with Gasteiger partial charge in [-0.15, -0.1) is 0 Å². The van der Waals surface area contributed by atoms with E-state index in [1.807, 2.05) is 0 Å². The van der Waals surface area contributed by atoms with Gasteiger partial charge in [0, 0.05) is 6.42 Å². The molecule has 0 aliphatic carbocycles. The van der Waals surface area contributed by atoms with Gasteiger partial charge in [-0.3, -0.25) is 9.59 Å². The van der Waals surface area contributed by atoms with Crippen molar-refractivity contribution in [2.45, 2.75) is 24.9 Å². The molecule has 84 valence electrons. The van der Waals surface area contributed by atoms with Crippen molar-refractivity contribution in [1.82, 2.24) is 10.6 Å². The molecule has 1 fully saturated rings. The summed E-state index contributed by atoms with van der Waals surface area (Å²) >= 11 is 0. The molecule has 15 heavy (non-hydrogen) atoms. The molecular weight excluding hydrogens is 204 g/mol. The Hall–Kier alpha value is -1.63. The summed E-state index contributed by atoms with van der Waals surface area (Å²) in [7, 11) is 0. The van der Waals surface area contributed by atoms with E-state index in [1.165, 1.54) is 0 Å². The topological polar surface area (TPSA) is 116 Å². The minimum atomic E-state index is -1.32. The lowest BCUT2D eigenvalue weighted by molar-refractivity contribution is -0.143. The van der Waals surface area contributed by atoms with E-state index in [0.29, 0.717) is 6.42 Å². The number of aliphatic hydroxyl groups is 1. The number of nitrogens with one attached hydrogen (secondary N) is 2. The summed E-state index contributed by atoms with van der Waals surface area (Å²) < 4.78 is 0. The number of carbonyl (C=O) groups is 3. The normalized spacial score (nSPS) is 21.9. The first kappa shape index (κ1) is 11.4. The molecule has 2 amide bonds. The summed E-state index contributed by atoms with van der Waals surface area (Å²) in [5.41, 5.74) is 0. The van der Waals surface area contributed by atoms with Crippen LogP contribution in [0.2, 0.25) is 0 Å². The predicted octanol–water partition coefficient (Wildman–Crippen LogP) is -2.17. The van der Waals surface area contributed by atoms with E-state index in [1.54, 1.807) is 0 Å². The SMILES string of the molecule is O=C1CC[C@H](C(=O)N[C@@H](CO)C(=O)O)N1. The Morgan fingerprint density at radius 2 is 2.27 bits per heavy atom. The van der Waals surface area contributed by atoms with E-state index in [0.717, 1.165) is 0 Å². The highest BCUT2D eigenvalue weighted by Crippen LogP contribution is 2.06. The molecule has 0 spiro atoms. The third-order valence-corrected chi connectivity index (χ3v) is 2.11. The first-order valence-electron chi connectivity index (χ1n) is 4.48. The number of rotatable bonds is 4. The van der Waals surface area contributed by atoms with Crippen LogP contribution >= 0.6 is 0 Å². The second-order valence-corrected chi connectivity index (χ2v) is 3.24. The highest BCUT2D eigenvalue weighted by atomic mass is 16.4. The fourth-order valence-electron chi connectivity index (χ4n) is 1.27. The van der Waals surface area contributed by atoms with Crippen LogP contribution in [0.4, 0.5) is 0 Å². The molecule has 4 N–H and O–H groups in total. The van der Waals surface area contributed by atoms with Gasteiger partial charge >= 0.3 is 5.97 Å². The van der Waals surface area contributed by atoms with Crippen molar-refractivity contribution < 1.29 is 24.6 Å². The number of aliphatic hydroxyl groups excluding tert-OH is 1. The smallest absolute Gasteiger partial charge is 0.328 e. The Kier molecular flexibility index (Phi) is 3.62. The van der Waals surface area contributed by atoms with Crippen molar-refractivity contribution in [3.05, 3.63) is 0 Å². The Balaban J connectivity index is 2.47. The maximum Gasteiger partial charge on any atom is 0.328 e. The molecule has 0 saturated carbocycles. The van der Waals surface area contributed by atoms with Crippen LogP contribution in [-0.2, 0) is 14.4 Å². The van der Waals surface area contributed by atoms with Crippen molar-refractivity contribution in [3.63, 3.8) is 0 Å². The van der Waals surface area contributed by atoms with Crippen LogP contribution in [0.5, 0.6) is 0 Å². The number of carboxylic acid groups (broad SMARTS) is 1. The maximum absolute atomic E-state index is 11.4. The molecule has 7 heteroatoms. The molecular formula is C8H12N2O5. The fraction of sp³-hybridized carbons (Fsp3) is 0.625. The largest absolute Gasteiger partial charge is 0.480 e. The lowest BCUT2D eigenvalue weighted by atomic mass is 10.2. The molecule has 0 aromatic rings. The van der Waals surface area contributed by atoms with E-state index < -0.39 is 30.6 Å². The zero-order valence-corrected chi connectivity index (χ0v) is 7.90. The molecule has 0 unspecified atom stereocenters. The summed E-state index contributed by atoms with van der Waals surface area (Å²) in [5, 5.41) is 21.7. The fourth-order valence-corrected chi connectivity index (χ4v) is 1.27. The van der Waals surface area contributed by atoms with Gasteiger partial charge in [0.1, 0.15) is 12.1 Å². The predicted molar refractivity (Wildman–Crippen MR) is 47.8 cm³/mol. The number of hydrogen-bond acceptors (Lipinski definition) is 4. The third kappa shape index (κ3) is 2.91. The van der Waals surface area contributed by atoms with E-state index in [9.17, 15) is 14.4 Å². The molecule has 0 radical (unpaired) electrons. The maximum atomic E-state index is 11.4. The number of aliphatic carboxylic acids is 1. The van der Waals surface area contributed by atoms with Gasteiger partial charge in [0.2, 0.25) is 11.8 Å². The molecule has 0 bridgehead atoms. The first-order chi connectivity index (χ1) is 7.04. The monoisotopic (exact) mass is 216 g/mol. The highest BCUT2D eigenvalue weighted by Gasteiger charge is 2.29. The van der Waals surface area contributed by atoms with Crippen molar-refractivity contribution in [1.29, 1.82) is 0 Å². The van der Waals surface area contributed by atoms with Crippen molar-refractivity contribution >= 4 is 17.8 Å². The zero-order valence-electron chi connectivity index (χ0n) is 7.90. The van der Waals surface area contributed by atoms with Crippen LogP contribution < -0.4 is 10.6 Å². The minimum Gasteiger partial charge on any atom is -0.480 e. The Bertz CT molecular complexity index is 291. The summed E-state index contributed by atoms with van der Waals surface area (Å²) in [6, 6.07) is -2.01. The van der Waals surface area contributed by atoms with E-state index >= 15 is 0 Å². The van der Waals surface area contributed by atoms with Crippen molar-refractivity contribution in [2.24, 2.45) is 0 Å². The summed E-state index contributed by atoms with van der Waals surface area (Å²) in [4.78, 5) is 32.6. The third-order valence-electron chi connectivity index (χ3n) is 2.11. The molecule has 1 saturated heterocycles. The van der Waals surface area contributed by atoms with Crippen LogP contribution in [0, 0.1) is 0 Å². The van der Waals surface area contributed by atoms with Crippen LogP contribution in [0.25, 0.3) is 0 Å². The van der Waals surface area contributed by atoms with Crippen LogP contribution in [0.15, 0.2) is 0 Å². The van der Waals surface area contributed by atoms with Crippen LogP contribution in [-0.4, -0.2) is 46.7 Å². The molecule has 1 heterocycles. The van der Waals surface area contributed by atoms with Gasteiger partial charge in [0.25, 0.3) is 0 Å². The van der Waals surface area contributed by atoms with Gasteiger partial charge in [0.05, 0.1) is 6.61 Å². The first-order valence-corrected chi connectivity index (χ1v) is 4.48. The van der Waals surface area contributed by atoms with Gasteiger partial charge in [0.15, 0.2) is 0 Å².